The Labute approximate surface area is 151 Å². The maximum atomic E-state index is 12.6. The highest BCUT2D eigenvalue weighted by Crippen LogP contribution is 2.27. The fourth-order valence-corrected chi connectivity index (χ4v) is 3.53. The van der Waals surface area contributed by atoms with Gasteiger partial charge in [-0.1, -0.05) is 41.9 Å². The van der Waals surface area contributed by atoms with Crippen LogP contribution in [0.4, 0.5) is 0 Å². The first kappa shape index (κ1) is 16.0. The van der Waals surface area contributed by atoms with Gasteiger partial charge in [-0.15, -0.1) is 0 Å². The number of hydrogen-bond acceptors (Lipinski definition) is 1. The highest BCUT2D eigenvalue weighted by Gasteiger charge is 2.22. The number of amides is 1. The third kappa shape index (κ3) is 3.08. The minimum absolute atomic E-state index is 0.0348. The van der Waals surface area contributed by atoms with E-state index in [1.165, 1.54) is 16.6 Å². The number of para-hydroxylation sites is 1. The van der Waals surface area contributed by atoms with Crippen LogP contribution in [-0.4, -0.2) is 22.3 Å². The fraction of sp³-hybridized carbons (Fsp3) is 0.190. The van der Waals surface area contributed by atoms with Crippen LogP contribution in [0.5, 0.6) is 0 Å². The minimum atomic E-state index is 0.0348. The molecule has 1 amide bonds. The molecule has 4 heteroatoms. The van der Waals surface area contributed by atoms with Crippen LogP contribution in [0.1, 0.15) is 22.4 Å². The normalized spacial score (nSPS) is 14.2. The number of carbonyl (C=O) groups excluding carboxylic acids is 1. The lowest BCUT2D eigenvalue weighted by molar-refractivity contribution is -0.126. The number of nitrogens with zero attached hydrogens (tertiary/aromatic N) is 1. The van der Waals surface area contributed by atoms with Crippen LogP contribution in [0, 0.1) is 6.92 Å². The van der Waals surface area contributed by atoms with Gasteiger partial charge in [-0.3, -0.25) is 4.79 Å². The molecular weight excluding hydrogens is 332 g/mol. The number of nitrogens with one attached hydrogen (secondary N) is 1. The van der Waals surface area contributed by atoms with Gasteiger partial charge in [0.1, 0.15) is 0 Å². The topological polar surface area (TPSA) is 36.1 Å². The number of aromatic nitrogens is 1. The van der Waals surface area contributed by atoms with Crippen LogP contribution < -0.4 is 0 Å². The summed E-state index contributed by atoms with van der Waals surface area (Å²) in [6, 6.07) is 14.1. The zero-order valence-electron chi connectivity index (χ0n) is 14.1. The van der Waals surface area contributed by atoms with Crippen molar-refractivity contribution in [1.82, 2.24) is 9.88 Å². The summed E-state index contributed by atoms with van der Waals surface area (Å²) in [5, 5.41) is 1.93. The fourth-order valence-electron chi connectivity index (χ4n) is 3.34. The van der Waals surface area contributed by atoms with E-state index in [-0.39, 0.29) is 5.91 Å². The van der Waals surface area contributed by atoms with E-state index < -0.39 is 0 Å². The Bertz CT molecular complexity index is 987. The van der Waals surface area contributed by atoms with Crippen molar-refractivity contribution in [3.63, 3.8) is 0 Å². The maximum Gasteiger partial charge on any atom is 0.246 e. The Morgan fingerprint density at radius 1 is 1.24 bits per heavy atom. The summed E-state index contributed by atoms with van der Waals surface area (Å²) < 4.78 is 0. The molecule has 126 valence electrons. The summed E-state index contributed by atoms with van der Waals surface area (Å²) in [6.07, 6.45) is 4.33. The Hall–Kier alpha value is -2.52. The van der Waals surface area contributed by atoms with E-state index in [0.717, 1.165) is 34.6 Å². The van der Waals surface area contributed by atoms with E-state index in [1.54, 1.807) is 6.08 Å². The molecule has 2 heterocycles. The number of H-pyrrole nitrogens is 1. The van der Waals surface area contributed by atoms with E-state index in [4.69, 9.17) is 11.6 Å². The van der Waals surface area contributed by atoms with Crippen molar-refractivity contribution in [3.8, 4) is 0 Å². The van der Waals surface area contributed by atoms with Crippen LogP contribution in [0.25, 0.3) is 17.0 Å². The van der Waals surface area contributed by atoms with Crippen molar-refractivity contribution in [1.29, 1.82) is 0 Å². The van der Waals surface area contributed by atoms with Gasteiger partial charge in [0, 0.05) is 52.8 Å². The monoisotopic (exact) mass is 350 g/mol. The van der Waals surface area contributed by atoms with Gasteiger partial charge in [0.05, 0.1) is 0 Å². The summed E-state index contributed by atoms with van der Waals surface area (Å²) in [7, 11) is 0. The van der Waals surface area contributed by atoms with Crippen LogP contribution in [0.2, 0.25) is 5.02 Å². The number of carbonyl (C=O) groups is 1. The van der Waals surface area contributed by atoms with Gasteiger partial charge >= 0.3 is 0 Å². The van der Waals surface area contributed by atoms with E-state index in [0.29, 0.717) is 6.54 Å². The maximum absolute atomic E-state index is 12.6. The Balaban J connectivity index is 1.53. The molecule has 3 aromatic rings. The van der Waals surface area contributed by atoms with Gasteiger partial charge < -0.3 is 9.88 Å². The molecule has 0 fully saturated rings. The number of rotatable bonds is 2. The Morgan fingerprint density at radius 2 is 2.08 bits per heavy atom. The molecule has 25 heavy (non-hydrogen) atoms. The van der Waals surface area contributed by atoms with Crippen molar-refractivity contribution in [2.75, 3.05) is 6.54 Å². The molecule has 0 unspecified atom stereocenters. The molecule has 0 spiro atoms. The molecule has 2 aromatic carbocycles. The molecule has 0 saturated heterocycles. The molecule has 1 N–H and O–H groups in total. The van der Waals surface area contributed by atoms with Crippen LogP contribution >= 0.6 is 11.6 Å². The minimum Gasteiger partial charge on any atom is -0.358 e. The van der Waals surface area contributed by atoms with Crippen molar-refractivity contribution < 1.29 is 4.79 Å². The number of fused-ring (bicyclic) bond motifs is 3. The summed E-state index contributed by atoms with van der Waals surface area (Å²) in [4.78, 5) is 18.0. The second-order valence-electron chi connectivity index (χ2n) is 6.48. The lowest BCUT2D eigenvalue weighted by Crippen LogP contribution is -2.34. The van der Waals surface area contributed by atoms with Gasteiger partial charge in [-0.2, -0.15) is 0 Å². The predicted molar refractivity (Wildman–Crippen MR) is 103 cm³/mol. The Morgan fingerprint density at radius 3 is 2.92 bits per heavy atom. The summed E-state index contributed by atoms with van der Waals surface area (Å²) in [6.45, 7) is 3.35. The van der Waals surface area contributed by atoms with E-state index in [9.17, 15) is 4.79 Å². The van der Waals surface area contributed by atoms with E-state index >= 15 is 0 Å². The average Bonchev–Trinajstić information content (AvgIpc) is 3.00. The molecule has 0 saturated carbocycles. The quantitative estimate of drug-likeness (QED) is 0.666. The van der Waals surface area contributed by atoms with Gasteiger partial charge in [0.15, 0.2) is 0 Å². The highest BCUT2D eigenvalue weighted by molar-refractivity contribution is 6.31. The molecule has 0 radical (unpaired) electrons. The third-order valence-electron chi connectivity index (χ3n) is 4.81. The number of benzene rings is 2. The summed E-state index contributed by atoms with van der Waals surface area (Å²) >= 11 is 6.14. The molecular formula is C21H19ClN2O. The predicted octanol–water partition coefficient (Wildman–Crippen LogP) is 4.73. The first-order chi connectivity index (χ1) is 12.1. The van der Waals surface area contributed by atoms with Crippen LogP contribution in [0.15, 0.2) is 48.5 Å². The second kappa shape index (κ2) is 6.41. The second-order valence-corrected chi connectivity index (χ2v) is 6.89. The SMILES string of the molecule is Cc1ccc(C=CC(=O)N2CCc3[nH]c4ccccc4c3C2)cc1Cl. The van der Waals surface area contributed by atoms with Gasteiger partial charge in [0.2, 0.25) is 5.91 Å². The average molecular weight is 351 g/mol. The number of halogens is 1. The van der Waals surface area contributed by atoms with Crippen LogP contribution in [-0.2, 0) is 17.8 Å². The Kier molecular flexibility index (Phi) is 4.10. The molecule has 0 bridgehead atoms. The molecule has 3 nitrogen and oxygen atoms in total. The smallest absolute Gasteiger partial charge is 0.246 e. The van der Waals surface area contributed by atoms with Gasteiger partial charge in [-0.05, 0) is 36.3 Å². The number of aryl methyl sites for hydroxylation is 1. The zero-order valence-corrected chi connectivity index (χ0v) is 14.8. The molecule has 0 atom stereocenters. The standard InChI is InChI=1S/C21H19ClN2O/c1-14-6-7-15(12-18(14)22)8-9-21(25)24-11-10-20-17(13-24)16-4-2-3-5-19(16)23-20/h2-9,12,23H,10-11,13H2,1H3. The third-order valence-corrected chi connectivity index (χ3v) is 5.22. The zero-order chi connectivity index (χ0) is 17.4. The van der Waals surface area contributed by atoms with Crippen molar-refractivity contribution >= 4 is 34.5 Å². The molecule has 1 aromatic heterocycles. The van der Waals surface area contributed by atoms with Gasteiger partial charge in [0.25, 0.3) is 0 Å². The van der Waals surface area contributed by atoms with E-state index in [1.807, 2.05) is 48.2 Å². The van der Waals surface area contributed by atoms with Crippen molar-refractivity contribution in [3.05, 3.63) is 75.9 Å². The lowest BCUT2D eigenvalue weighted by Gasteiger charge is -2.26. The van der Waals surface area contributed by atoms with E-state index in [2.05, 4.69) is 17.1 Å². The summed E-state index contributed by atoms with van der Waals surface area (Å²) in [5.41, 5.74) is 5.61. The first-order valence-electron chi connectivity index (χ1n) is 8.43. The number of aromatic amines is 1. The summed E-state index contributed by atoms with van der Waals surface area (Å²) in [5.74, 6) is 0.0348. The highest BCUT2D eigenvalue weighted by atomic mass is 35.5. The lowest BCUT2D eigenvalue weighted by atomic mass is 10.0. The van der Waals surface area contributed by atoms with Crippen molar-refractivity contribution in [2.45, 2.75) is 19.9 Å². The largest absolute Gasteiger partial charge is 0.358 e. The van der Waals surface area contributed by atoms with Gasteiger partial charge in [-0.25, -0.2) is 0 Å². The first-order valence-corrected chi connectivity index (χ1v) is 8.81. The molecule has 4 rings (SSSR count). The van der Waals surface area contributed by atoms with Crippen molar-refractivity contribution in [2.24, 2.45) is 0 Å². The molecule has 1 aliphatic heterocycles. The molecule has 1 aliphatic rings. The van der Waals surface area contributed by atoms with Crippen LogP contribution in [0.3, 0.4) is 0 Å². The number of hydrogen-bond donors (Lipinski definition) is 1. The molecule has 0 aliphatic carbocycles.